The van der Waals surface area contributed by atoms with Crippen molar-refractivity contribution in [2.24, 2.45) is 7.05 Å². The zero-order chi connectivity index (χ0) is 34.4. The van der Waals surface area contributed by atoms with E-state index in [4.69, 9.17) is 4.98 Å². The van der Waals surface area contributed by atoms with Crippen LogP contribution in [0.25, 0.3) is 33.2 Å². The van der Waals surface area contributed by atoms with Gasteiger partial charge in [0.15, 0.2) is 5.65 Å². The van der Waals surface area contributed by atoms with Crippen LogP contribution in [-0.4, -0.2) is 75.5 Å². The largest absolute Gasteiger partial charge is 0.350 e. The van der Waals surface area contributed by atoms with Crippen molar-refractivity contribution < 1.29 is 17.7 Å². The van der Waals surface area contributed by atoms with E-state index < -0.39 is 27.4 Å². The molecule has 0 aliphatic heterocycles. The highest BCUT2D eigenvalue weighted by Crippen LogP contribution is 2.36. The summed E-state index contributed by atoms with van der Waals surface area (Å²) in [4.78, 5) is 23.6. The van der Waals surface area contributed by atoms with E-state index >= 15 is 0 Å². The summed E-state index contributed by atoms with van der Waals surface area (Å²) >= 11 is 0. The fourth-order valence-electron chi connectivity index (χ4n) is 6.22. The normalized spacial score (nSPS) is 18.1. The molecule has 0 radical (unpaired) electrons. The third-order valence-electron chi connectivity index (χ3n) is 8.68. The molecule has 1 aliphatic rings. The molecule has 6 rings (SSSR count). The number of rotatable bonds is 11. The Bertz CT molecular complexity index is 2210. The van der Waals surface area contributed by atoms with Crippen LogP contribution >= 0.6 is 0 Å². The van der Waals surface area contributed by atoms with Crippen LogP contribution in [0.2, 0.25) is 0 Å². The third-order valence-corrected chi connectivity index (χ3v) is 10.4. The van der Waals surface area contributed by atoms with Gasteiger partial charge < -0.3 is 20.1 Å². The topological polar surface area (TPSA) is 140 Å². The number of halogens is 1. The first-order chi connectivity index (χ1) is 22.8. The van der Waals surface area contributed by atoms with Crippen molar-refractivity contribution in [3.63, 3.8) is 0 Å². The molecule has 2 unspecified atom stereocenters. The summed E-state index contributed by atoms with van der Waals surface area (Å²) in [5.41, 5.74) is 2.15. The molecular weight excluding hydrogens is 635 g/mol. The van der Waals surface area contributed by atoms with E-state index in [1.54, 1.807) is 42.6 Å². The summed E-state index contributed by atoms with van der Waals surface area (Å²) in [7, 11) is 1.58. The van der Waals surface area contributed by atoms with Crippen LogP contribution in [-0.2, 0) is 17.1 Å². The summed E-state index contributed by atoms with van der Waals surface area (Å²) < 4.78 is 45.3. The van der Waals surface area contributed by atoms with Crippen LogP contribution < -0.4 is 10.6 Å². The maximum absolute atomic E-state index is 14.5. The van der Waals surface area contributed by atoms with Crippen LogP contribution in [0.4, 0.5) is 10.3 Å². The predicted molar refractivity (Wildman–Crippen MR) is 184 cm³/mol. The first kappa shape index (κ1) is 33.0. The van der Waals surface area contributed by atoms with Gasteiger partial charge in [0.1, 0.15) is 11.4 Å². The van der Waals surface area contributed by atoms with Gasteiger partial charge in [-0.15, -0.1) is 0 Å². The molecule has 48 heavy (non-hydrogen) atoms. The number of hydrogen-bond acceptors (Lipinski definition) is 9. The first-order valence-electron chi connectivity index (χ1n) is 15.5. The number of aryl methyl sites for hydroxylation is 2. The lowest BCUT2D eigenvalue weighted by molar-refractivity contribution is -0.519. The molecule has 14 heteroatoms. The number of aromatic nitrogens is 4. The second-order valence-corrected chi connectivity index (χ2v) is 14.1. The van der Waals surface area contributed by atoms with Crippen LogP contribution in [0.1, 0.15) is 18.9 Å². The quantitative estimate of drug-likeness (QED) is 0.145. The molecule has 250 valence electrons. The lowest BCUT2D eigenvalue weighted by atomic mass is 9.82. The highest BCUT2D eigenvalue weighted by Gasteiger charge is 2.45. The maximum atomic E-state index is 14.5. The molecule has 2 atom stereocenters. The van der Waals surface area contributed by atoms with Crippen molar-refractivity contribution in [2.75, 3.05) is 32.5 Å². The Morgan fingerprint density at radius 3 is 2.54 bits per heavy atom. The minimum atomic E-state index is -4.08. The number of fused-ring (bicyclic) bond motifs is 2. The Hall–Kier alpha value is -4.92. The minimum Gasteiger partial charge on any atom is -0.350 e. The van der Waals surface area contributed by atoms with E-state index in [1.807, 2.05) is 44.5 Å². The molecule has 3 aromatic heterocycles. The number of nitrogens with zero attached hydrogens (tertiary/aromatic N) is 6. The van der Waals surface area contributed by atoms with E-state index in [9.17, 15) is 22.9 Å². The number of nitrogens with one attached hydrogen (secondary N) is 2. The first-order valence-corrected chi connectivity index (χ1v) is 16.9. The van der Waals surface area contributed by atoms with Gasteiger partial charge in [-0.05, 0) is 83.0 Å². The van der Waals surface area contributed by atoms with E-state index in [1.165, 1.54) is 36.5 Å². The Morgan fingerprint density at radius 1 is 1.10 bits per heavy atom. The molecule has 2 N–H and O–H groups in total. The standard InChI is InChI=1S/C34H37FN8O4S/c1-6-36-34(16-18-40(3)4)15-13-24(20-30(34)43(44)45)37-33-38-31(28-21-41(5)29-12-9-23(35)19-27(28)29)26-14-17-42(32(26)39-33)48(46,47)25-10-7-22(2)8-11-25/h7-15,17,19-21,30,36H,6,16,18H2,1-5H3,(H,37,38,39). The summed E-state index contributed by atoms with van der Waals surface area (Å²) in [5.74, 6) is -0.410. The van der Waals surface area contributed by atoms with Crippen molar-refractivity contribution in [1.82, 2.24) is 28.7 Å². The number of allylic oxidation sites excluding steroid dienone is 1. The molecule has 12 nitrogen and oxygen atoms in total. The summed E-state index contributed by atoms with van der Waals surface area (Å²) in [5, 5.41) is 19.9. The van der Waals surface area contributed by atoms with Crippen LogP contribution in [0, 0.1) is 22.9 Å². The Kier molecular flexibility index (Phi) is 8.66. The second kappa shape index (κ2) is 12.6. The van der Waals surface area contributed by atoms with Crippen LogP contribution in [0.5, 0.6) is 0 Å². The van der Waals surface area contributed by atoms with Gasteiger partial charge in [0.05, 0.1) is 10.6 Å². The molecular formula is C34H37FN8O4S. The van der Waals surface area contributed by atoms with Gasteiger partial charge in [-0.25, -0.2) is 21.8 Å². The number of nitro groups is 1. The Labute approximate surface area is 277 Å². The van der Waals surface area contributed by atoms with E-state index in [0.29, 0.717) is 47.2 Å². The monoisotopic (exact) mass is 672 g/mol. The molecule has 1 aliphatic carbocycles. The molecule has 0 saturated carbocycles. The summed E-state index contributed by atoms with van der Waals surface area (Å²) in [6.07, 6.45) is 8.80. The van der Waals surface area contributed by atoms with Gasteiger partial charge in [-0.2, -0.15) is 4.98 Å². The fraction of sp³-hybridized carbons (Fsp3) is 0.294. The SMILES string of the molecule is CCNC1(CCN(C)C)C=CC(Nc2nc(-c3cn(C)c4ccc(F)cc34)c3ccn(S(=O)(=O)c4ccc(C)cc4)c3n2)=CC1[N+](=O)[O-]. The van der Waals surface area contributed by atoms with Gasteiger partial charge >= 0.3 is 0 Å². The number of benzene rings is 2. The molecule has 0 fully saturated rings. The van der Waals surface area contributed by atoms with Crippen molar-refractivity contribution in [1.29, 1.82) is 0 Å². The minimum absolute atomic E-state index is 0.0206. The number of likely N-dealkylation sites (N-methyl/N-ethyl adjacent to an activating group) is 1. The Balaban J connectivity index is 1.51. The van der Waals surface area contributed by atoms with Gasteiger partial charge in [-0.3, -0.25) is 10.1 Å². The second-order valence-electron chi connectivity index (χ2n) is 12.3. The van der Waals surface area contributed by atoms with Gasteiger partial charge in [0.25, 0.3) is 16.1 Å². The third kappa shape index (κ3) is 5.98. The molecule has 0 saturated heterocycles. The molecule has 3 heterocycles. The van der Waals surface area contributed by atoms with E-state index in [-0.39, 0.29) is 21.4 Å². The lowest BCUT2D eigenvalue weighted by Gasteiger charge is -2.36. The summed E-state index contributed by atoms with van der Waals surface area (Å²) in [6.45, 7) is 4.93. The van der Waals surface area contributed by atoms with Crippen LogP contribution in [0.15, 0.2) is 89.7 Å². The maximum Gasteiger partial charge on any atom is 0.269 e. The predicted octanol–water partition coefficient (Wildman–Crippen LogP) is 5.09. The van der Waals surface area contributed by atoms with Crippen LogP contribution in [0.3, 0.4) is 0 Å². The van der Waals surface area contributed by atoms with E-state index in [2.05, 4.69) is 15.6 Å². The average molecular weight is 673 g/mol. The summed E-state index contributed by atoms with van der Waals surface area (Å²) in [6, 6.07) is 11.5. The van der Waals surface area contributed by atoms with Gasteiger partial charge in [-0.1, -0.05) is 30.7 Å². The zero-order valence-corrected chi connectivity index (χ0v) is 28.1. The zero-order valence-electron chi connectivity index (χ0n) is 27.3. The number of anilines is 1. The highest BCUT2D eigenvalue weighted by molar-refractivity contribution is 7.90. The molecule has 0 bridgehead atoms. The Morgan fingerprint density at radius 2 is 1.85 bits per heavy atom. The fourth-order valence-corrected chi connectivity index (χ4v) is 7.51. The smallest absolute Gasteiger partial charge is 0.269 e. The molecule has 0 spiro atoms. The van der Waals surface area contributed by atoms with Crippen molar-refractivity contribution in [3.05, 3.63) is 106 Å². The van der Waals surface area contributed by atoms with Gasteiger partial charge in [0, 0.05) is 58.0 Å². The van der Waals surface area contributed by atoms with Crippen molar-refractivity contribution >= 4 is 37.9 Å². The number of hydrogen-bond donors (Lipinski definition) is 2. The molecule has 2 aromatic carbocycles. The highest BCUT2D eigenvalue weighted by atomic mass is 32.2. The lowest BCUT2D eigenvalue weighted by Crippen LogP contribution is -2.57. The molecule has 5 aromatic rings. The average Bonchev–Trinajstić information content (AvgIpc) is 3.62. The molecule has 0 amide bonds. The van der Waals surface area contributed by atoms with Crippen molar-refractivity contribution in [3.8, 4) is 11.3 Å². The van der Waals surface area contributed by atoms with E-state index in [0.717, 1.165) is 15.1 Å². The van der Waals surface area contributed by atoms with Crippen molar-refractivity contribution in [2.45, 2.75) is 36.7 Å². The van der Waals surface area contributed by atoms with Gasteiger partial charge in [0.2, 0.25) is 5.95 Å².